The Hall–Kier alpha value is -0.640. The maximum absolute atomic E-state index is 5.99. The van der Waals surface area contributed by atoms with E-state index in [-0.39, 0.29) is 6.10 Å². The summed E-state index contributed by atoms with van der Waals surface area (Å²) in [5, 5.41) is 3.93. The van der Waals surface area contributed by atoms with Crippen molar-refractivity contribution in [3.05, 3.63) is 29.0 Å². The van der Waals surface area contributed by atoms with Crippen LogP contribution in [0.15, 0.2) is 18.5 Å². The predicted molar refractivity (Wildman–Crippen MR) is 50.8 cm³/mol. The molecule has 1 aliphatic heterocycles. The van der Waals surface area contributed by atoms with Gasteiger partial charge < -0.3 is 10.1 Å². The molecule has 2 rings (SSSR count). The summed E-state index contributed by atoms with van der Waals surface area (Å²) in [7, 11) is 0. The van der Waals surface area contributed by atoms with Crippen molar-refractivity contribution < 1.29 is 4.74 Å². The molecule has 0 saturated carbocycles. The molecule has 1 aliphatic rings. The Kier molecular flexibility index (Phi) is 2.78. The normalized spacial score (nSPS) is 23.0. The van der Waals surface area contributed by atoms with Crippen molar-refractivity contribution in [1.29, 1.82) is 0 Å². The molecule has 4 heteroatoms. The molecule has 2 heterocycles. The highest BCUT2D eigenvalue weighted by molar-refractivity contribution is 6.31. The average Bonchev–Trinajstić information content (AvgIpc) is 2.20. The number of morpholine rings is 1. The molecule has 1 aromatic heterocycles. The Labute approximate surface area is 82.1 Å². The molecule has 13 heavy (non-hydrogen) atoms. The lowest BCUT2D eigenvalue weighted by molar-refractivity contribution is 0.0277. The number of ether oxygens (including phenoxy) is 1. The van der Waals surface area contributed by atoms with E-state index in [0.717, 1.165) is 25.3 Å². The first-order valence-corrected chi connectivity index (χ1v) is 4.67. The van der Waals surface area contributed by atoms with Crippen molar-refractivity contribution in [2.24, 2.45) is 0 Å². The smallest absolute Gasteiger partial charge is 0.0965 e. The fraction of sp³-hybridized carbons (Fsp3) is 0.444. The van der Waals surface area contributed by atoms with Crippen LogP contribution in [-0.4, -0.2) is 24.7 Å². The van der Waals surface area contributed by atoms with Gasteiger partial charge in [0, 0.05) is 31.0 Å². The van der Waals surface area contributed by atoms with Crippen molar-refractivity contribution >= 4 is 11.6 Å². The largest absolute Gasteiger partial charge is 0.371 e. The summed E-state index contributed by atoms with van der Waals surface area (Å²) < 4.78 is 5.57. The summed E-state index contributed by atoms with van der Waals surface area (Å²) >= 11 is 5.99. The van der Waals surface area contributed by atoms with Crippen LogP contribution in [0, 0.1) is 0 Å². The van der Waals surface area contributed by atoms with Crippen molar-refractivity contribution in [3.63, 3.8) is 0 Å². The van der Waals surface area contributed by atoms with E-state index >= 15 is 0 Å². The van der Waals surface area contributed by atoms with Gasteiger partial charge >= 0.3 is 0 Å². The Morgan fingerprint density at radius 2 is 2.54 bits per heavy atom. The number of hydrogen-bond acceptors (Lipinski definition) is 3. The van der Waals surface area contributed by atoms with Crippen molar-refractivity contribution in [2.75, 3.05) is 19.7 Å². The van der Waals surface area contributed by atoms with E-state index in [1.165, 1.54) is 0 Å². The lowest BCUT2D eigenvalue weighted by Gasteiger charge is -2.24. The summed E-state index contributed by atoms with van der Waals surface area (Å²) in [6, 6.07) is 1.90. The van der Waals surface area contributed by atoms with Crippen LogP contribution in [0.2, 0.25) is 5.02 Å². The SMILES string of the molecule is Clc1cnccc1C1CNCCO1. The molecule has 1 unspecified atom stereocenters. The monoisotopic (exact) mass is 198 g/mol. The molecule has 1 N–H and O–H groups in total. The summed E-state index contributed by atoms with van der Waals surface area (Å²) in [6.45, 7) is 2.48. The summed E-state index contributed by atoms with van der Waals surface area (Å²) in [5.74, 6) is 0. The van der Waals surface area contributed by atoms with Gasteiger partial charge in [-0.15, -0.1) is 0 Å². The van der Waals surface area contributed by atoms with Crippen LogP contribution in [0.3, 0.4) is 0 Å². The minimum atomic E-state index is 0.0734. The summed E-state index contributed by atoms with van der Waals surface area (Å²) in [4.78, 5) is 3.93. The van der Waals surface area contributed by atoms with Crippen LogP contribution in [-0.2, 0) is 4.74 Å². The lowest BCUT2D eigenvalue weighted by Crippen LogP contribution is -2.33. The Morgan fingerprint density at radius 3 is 3.23 bits per heavy atom. The molecule has 70 valence electrons. The molecular formula is C9H11ClN2O. The molecule has 3 nitrogen and oxygen atoms in total. The van der Waals surface area contributed by atoms with Crippen molar-refractivity contribution in [1.82, 2.24) is 10.3 Å². The van der Waals surface area contributed by atoms with E-state index in [1.54, 1.807) is 12.4 Å². The van der Waals surface area contributed by atoms with Crippen LogP contribution in [0.5, 0.6) is 0 Å². The van der Waals surface area contributed by atoms with Crippen LogP contribution in [0.1, 0.15) is 11.7 Å². The fourth-order valence-corrected chi connectivity index (χ4v) is 1.65. The van der Waals surface area contributed by atoms with Crippen LogP contribution in [0.25, 0.3) is 0 Å². The molecule has 0 spiro atoms. The molecule has 0 amide bonds. The van der Waals surface area contributed by atoms with E-state index in [1.807, 2.05) is 6.07 Å². The number of hydrogen-bond donors (Lipinski definition) is 1. The van der Waals surface area contributed by atoms with E-state index in [0.29, 0.717) is 5.02 Å². The second-order valence-corrected chi connectivity index (χ2v) is 3.37. The first kappa shape index (κ1) is 8.94. The van der Waals surface area contributed by atoms with E-state index in [2.05, 4.69) is 10.3 Å². The third-order valence-electron chi connectivity index (χ3n) is 2.08. The maximum atomic E-state index is 5.99. The van der Waals surface area contributed by atoms with Gasteiger partial charge in [0.15, 0.2) is 0 Å². The third-order valence-corrected chi connectivity index (χ3v) is 2.39. The predicted octanol–water partition coefficient (Wildman–Crippen LogP) is 1.40. The van der Waals surface area contributed by atoms with Crippen molar-refractivity contribution in [3.8, 4) is 0 Å². The van der Waals surface area contributed by atoms with Gasteiger partial charge in [0.1, 0.15) is 0 Å². The molecule has 0 aromatic carbocycles. The number of pyridine rings is 1. The van der Waals surface area contributed by atoms with Crippen molar-refractivity contribution in [2.45, 2.75) is 6.10 Å². The number of rotatable bonds is 1. The molecule has 0 aliphatic carbocycles. The molecule has 1 aromatic rings. The molecule has 1 fully saturated rings. The zero-order valence-corrected chi connectivity index (χ0v) is 7.92. The second kappa shape index (κ2) is 4.05. The number of nitrogens with one attached hydrogen (secondary N) is 1. The maximum Gasteiger partial charge on any atom is 0.0965 e. The summed E-state index contributed by atoms with van der Waals surface area (Å²) in [6.07, 6.45) is 3.46. The quantitative estimate of drug-likeness (QED) is 0.741. The van der Waals surface area contributed by atoms with Crippen LogP contribution < -0.4 is 5.32 Å². The minimum absolute atomic E-state index is 0.0734. The zero-order chi connectivity index (χ0) is 9.10. The van der Waals surface area contributed by atoms with Gasteiger partial charge in [-0.1, -0.05) is 11.6 Å². The number of halogens is 1. The van der Waals surface area contributed by atoms with Gasteiger partial charge in [-0.3, -0.25) is 4.98 Å². The lowest BCUT2D eigenvalue weighted by atomic mass is 10.1. The molecule has 1 saturated heterocycles. The van der Waals surface area contributed by atoms with E-state index < -0.39 is 0 Å². The topological polar surface area (TPSA) is 34.2 Å². The molecule has 1 atom stereocenters. The zero-order valence-electron chi connectivity index (χ0n) is 7.16. The van der Waals surface area contributed by atoms with Gasteiger partial charge in [-0.2, -0.15) is 0 Å². The highest BCUT2D eigenvalue weighted by Gasteiger charge is 2.17. The Balaban J connectivity index is 2.18. The molecule has 0 radical (unpaired) electrons. The highest BCUT2D eigenvalue weighted by Crippen LogP contribution is 2.24. The highest BCUT2D eigenvalue weighted by atomic mass is 35.5. The third kappa shape index (κ3) is 1.99. The Bertz CT molecular complexity index is 287. The van der Waals surface area contributed by atoms with E-state index in [9.17, 15) is 0 Å². The van der Waals surface area contributed by atoms with E-state index in [4.69, 9.17) is 16.3 Å². The standard InChI is InChI=1S/C9H11ClN2O/c10-8-5-11-2-1-7(8)9-6-12-3-4-13-9/h1-2,5,9,12H,3-4,6H2. The average molecular weight is 199 g/mol. The van der Waals surface area contributed by atoms with Crippen LogP contribution >= 0.6 is 11.6 Å². The van der Waals surface area contributed by atoms with Gasteiger partial charge in [0.25, 0.3) is 0 Å². The van der Waals surface area contributed by atoms with Gasteiger partial charge in [0.2, 0.25) is 0 Å². The Morgan fingerprint density at radius 1 is 1.62 bits per heavy atom. The number of aromatic nitrogens is 1. The van der Waals surface area contributed by atoms with Gasteiger partial charge in [-0.25, -0.2) is 0 Å². The minimum Gasteiger partial charge on any atom is -0.371 e. The first-order chi connectivity index (χ1) is 6.38. The molecular weight excluding hydrogens is 188 g/mol. The van der Waals surface area contributed by atoms with Gasteiger partial charge in [0.05, 0.1) is 17.7 Å². The summed E-state index contributed by atoms with van der Waals surface area (Å²) in [5.41, 5.74) is 1.02. The fourth-order valence-electron chi connectivity index (χ4n) is 1.41. The number of nitrogens with zero attached hydrogens (tertiary/aromatic N) is 1. The van der Waals surface area contributed by atoms with Crippen LogP contribution in [0.4, 0.5) is 0 Å². The first-order valence-electron chi connectivity index (χ1n) is 4.29. The van der Waals surface area contributed by atoms with Gasteiger partial charge in [-0.05, 0) is 6.07 Å². The molecule has 0 bridgehead atoms. The second-order valence-electron chi connectivity index (χ2n) is 2.96.